The highest BCUT2D eigenvalue weighted by molar-refractivity contribution is 7.52. The highest BCUT2D eigenvalue weighted by Gasteiger charge is 2.50. The van der Waals surface area contributed by atoms with E-state index < -0.39 is 18.8 Å². The largest absolute Gasteiger partial charge is 0.399 e. The Bertz CT molecular complexity index is 692. The van der Waals surface area contributed by atoms with Gasteiger partial charge in [0.2, 0.25) is 0 Å². The first kappa shape index (κ1) is 15.1. The lowest BCUT2D eigenvalue weighted by Gasteiger charge is -2.18. The van der Waals surface area contributed by atoms with Gasteiger partial charge in [-0.1, -0.05) is 44.2 Å². The summed E-state index contributed by atoms with van der Waals surface area (Å²) >= 11 is 0. The number of benzene rings is 2. The third-order valence-corrected chi connectivity index (χ3v) is 4.23. The SMILES string of the molecule is CC(C)c1ccc2ccc(C(F)(F)P(=O)(O)O)cc2c1. The van der Waals surface area contributed by atoms with Gasteiger partial charge in [0, 0.05) is 5.56 Å². The second-order valence-electron chi connectivity index (χ2n) is 5.06. The van der Waals surface area contributed by atoms with Crippen LogP contribution in [-0.4, -0.2) is 9.79 Å². The molecule has 2 aromatic carbocycles. The third kappa shape index (κ3) is 2.62. The van der Waals surface area contributed by atoms with E-state index in [9.17, 15) is 13.3 Å². The van der Waals surface area contributed by atoms with Crippen LogP contribution in [0.1, 0.15) is 30.9 Å². The van der Waals surface area contributed by atoms with Gasteiger partial charge in [0.05, 0.1) is 0 Å². The van der Waals surface area contributed by atoms with Gasteiger partial charge < -0.3 is 9.79 Å². The van der Waals surface area contributed by atoms with E-state index in [0.717, 1.165) is 23.1 Å². The van der Waals surface area contributed by atoms with E-state index in [0.29, 0.717) is 5.39 Å². The highest BCUT2D eigenvalue weighted by Crippen LogP contribution is 2.59. The number of fused-ring (bicyclic) bond motifs is 1. The normalized spacial score (nSPS) is 13.2. The zero-order valence-corrected chi connectivity index (χ0v) is 11.9. The van der Waals surface area contributed by atoms with Crippen LogP contribution in [0, 0.1) is 0 Å². The fraction of sp³-hybridized carbons (Fsp3) is 0.286. The van der Waals surface area contributed by atoms with Crippen molar-refractivity contribution in [2.24, 2.45) is 0 Å². The first-order valence-electron chi connectivity index (χ1n) is 6.10. The molecule has 0 radical (unpaired) electrons. The van der Waals surface area contributed by atoms with E-state index in [-0.39, 0.29) is 5.92 Å². The average molecular weight is 300 g/mol. The van der Waals surface area contributed by atoms with E-state index >= 15 is 0 Å². The monoisotopic (exact) mass is 300 g/mol. The summed E-state index contributed by atoms with van der Waals surface area (Å²) in [5.74, 6) is 0.241. The molecule has 0 atom stereocenters. The van der Waals surface area contributed by atoms with E-state index in [4.69, 9.17) is 9.79 Å². The number of rotatable bonds is 3. The molecule has 0 saturated carbocycles. The Labute approximate surface area is 115 Å². The van der Waals surface area contributed by atoms with Gasteiger partial charge in [-0.3, -0.25) is 4.57 Å². The van der Waals surface area contributed by atoms with Crippen molar-refractivity contribution in [2.75, 3.05) is 0 Å². The third-order valence-electron chi connectivity index (χ3n) is 3.24. The molecule has 2 aromatic rings. The van der Waals surface area contributed by atoms with Crippen molar-refractivity contribution < 1.29 is 23.1 Å². The van der Waals surface area contributed by atoms with Gasteiger partial charge in [0.25, 0.3) is 0 Å². The summed E-state index contributed by atoms with van der Waals surface area (Å²) < 4.78 is 38.3. The Balaban J connectivity index is 2.61. The Morgan fingerprint density at radius 3 is 2.20 bits per heavy atom. The molecular formula is C14H15F2O3P. The maximum Gasteiger partial charge on any atom is 0.399 e. The summed E-state index contributed by atoms with van der Waals surface area (Å²) in [6.07, 6.45) is 0. The number of halogens is 2. The lowest BCUT2D eigenvalue weighted by atomic mass is 9.98. The van der Waals surface area contributed by atoms with Crippen LogP contribution in [0.4, 0.5) is 8.78 Å². The lowest BCUT2D eigenvalue weighted by molar-refractivity contribution is 0.0566. The molecule has 0 amide bonds. The quantitative estimate of drug-likeness (QED) is 0.836. The molecule has 3 nitrogen and oxygen atoms in total. The van der Waals surface area contributed by atoms with Crippen molar-refractivity contribution in [3.8, 4) is 0 Å². The van der Waals surface area contributed by atoms with Crippen LogP contribution in [-0.2, 0) is 10.2 Å². The molecule has 0 aromatic heterocycles. The van der Waals surface area contributed by atoms with Crippen molar-refractivity contribution in [3.05, 3.63) is 47.5 Å². The maximum absolute atomic E-state index is 13.7. The molecule has 2 N–H and O–H groups in total. The summed E-state index contributed by atoms with van der Waals surface area (Å²) in [5.41, 5.74) is -3.86. The van der Waals surface area contributed by atoms with Crippen LogP contribution >= 0.6 is 7.60 Å². The Hall–Kier alpha value is -1.29. The standard InChI is InChI=1S/C14H15F2O3P/c1-9(2)11-4-3-10-5-6-13(8-12(10)7-11)14(15,16)20(17,18)19/h3-9H,1-2H3,(H2,17,18,19). The van der Waals surface area contributed by atoms with E-state index in [1.165, 1.54) is 6.07 Å². The van der Waals surface area contributed by atoms with Crippen LogP contribution < -0.4 is 0 Å². The van der Waals surface area contributed by atoms with E-state index in [1.807, 2.05) is 26.0 Å². The van der Waals surface area contributed by atoms with E-state index in [2.05, 4.69) is 0 Å². The zero-order chi connectivity index (χ0) is 15.1. The second kappa shape index (κ2) is 4.92. The topological polar surface area (TPSA) is 57.5 Å². The summed E-state index contributed by atoms with van der Waals surface area (Å²) in [4.78, 5) is 17.5. The number of alkyl halides is 2. The minimum absolute atomic E-state index is 0.241. The van der Waals surface area contributed by atoms with Crippen LogP contribution in [0.15, 0.2) is 36.4 Å². The van der Waals surface area contributed by atoms with Gasteiger partial charge in [-0.15, -0.1) is 0 Å². The molecule has 0 unspecified atom stereocenters. The zero-order valence-electron chi connectivity index (χ0n) is 11.0. The second-order valence-corrected chi connectivity index (χ2v) is 6.71. The van der Waals surface area contributed by atoms with Crippen LogP contribution in [0.3, 0.4) is 0 Å². The first-order chi connectivity index (χ1) is 9.13. The molecule has 0 bridgehead atoms. The van der Waals surface area contributed by atoms with Crippen molar-refractivity contribution in [1.82, 2.24) is 0 Å². The van der Waals surface area contributed by atoms with Gasteiger partial charge in [0.15, 0.2) is 0 Å². The number of hydrogen-bond acceptors (Lipinski definition) is 1. The molecule has 0 fully saturated rings. The molecule has 0 spiro atoms. The fourth-order valence-electron chi connectivity index (χ4n) is 1.98. The minimum Gasteiger partial charge on any atom is -0.320 e. The smallest absolute Gasteiger partial charge is 0.320 e. The molecule has 0 heterocycles. The average Bonchev–Trinajstić information content (AvgIpc) is 2.35. The molecule has 108 valence electrons. The molecular weight excluding hydrogens is 285 g/mol. The van der Waals surface area contributed by atoms with Crippen molar-refractivity contribution in [3.63, 3.8) is 0 Å². The molecule has 6 heteroatoms. The van der Waals surface area contributed by atoms with Crippen molar-refractivity contribution in [1.29, 1.82) is 0 Å². The summed E-state index contributed by atoms with van der Waals surface area (Å²) in [6.45, 7) is 3.96. The van der Waals surface area contributed by atoms with Crippen molar-refractivity contribution >= 4 is 18.4 Å². The molecule has 20 heavy (non-hydrogen) atoms. The number of hydrogen-bond donors (Lipinski definition) is 2. The predicted octanol–water partition coefficient (Wildman–Crippen LogP) is 4.19. The highest BCUT2D eigenvalue weighted by atomic mass is 31.2. The molecule has 0 aliphatic rings. The van der Waals surface area contributed by atoms with Crippen LogP contribution in [0.2, 0.25) is 0 Å². The van der Waals surface area contributed by atoms with Gasteiger partial charge >= 0.3 is 13.3 Å². The molecule has 0 aliphatic carbocycles. The minimum atomic E-state index is -5.53. The van der Waals surface area contributed by atoms with Crippen LogP contribution in [0.25, 0.3) is 10.8 Å². The lowest BCUT2D eigenvalue weighted by Crippen LogP contribution is -2.13. The predicted molar refractivity (Wildman–Crippen MR) is 74.0 cm³/mol. The summed E-state index contributed by atoms with van der Waals surface area (Å²) in [5, 5.41) is 1.29. The Morgan fingerprint density at radius 1 is 1.05 bits per heavy atom. The summed E-state index contributed by atoms with van der Waals surface area (Å²) in [7, 11) is -5.53. The maximum atomic E-state index is 13.7. The van der Waals surface area contributed by atoms with E-state index in [1.54, 1.807) is 6.07 Å². The molecule has 2 rings (SSSR count). The van der Waals surface area contributed by atoms with Gasteiger partial charge in [-0.2, -0.15) is 8.78 Å². The fourth-order valence-corrected chi connectivity index (χ4v) is 2.46. The first-order valence-corrected chi connectivity index (χ1v) is 7.72. The Morgan fingerprint density at radius 2 is 1.65 bits per heavy atom. The molecule has 0 aliphatic heterocycles. The van der Waals surface area contributed by atoms with Crippen molar-refractivity contribution in [2.45, 2.75) is 25.4 Å². The van der Waals surface area contributed by atoms with Gasteiger partial charge in [-0.05, 0) is 28.3 Å². The molecule has 0 saturated heterocycles. The van der Waals surface area contributed by atoms with Gasteiger partial charge in [-0.25, -0.2) is 0 Å². The summed E-state index contributed by atoms with van der Waals surface area (Å²) in [6, 6.07) is 9.12. The van der Waals surface area contributed by atoms with Crippen LogP contribution in [0.5, 0.6) is 0 Å². The Kier molecular flexibility index (Phi) is 3.71. The van der Waals surface area contributed by atoms with Gasteiger partial charge in [0.1, 0.15) is 0 Å².